The van der Waals surface area contributed by atoms with Crippen LogP contribution in [0.3, 0.4) is 0 Å². The van der Waals surface area contributed by atoms with Gasteiger partial charge in [-0.15, -0.1) is 0 Å². The molecule has 25 heteroatoms. The molecule has 13 N–H and O–H groups in total. The maximum absolute atomic E-state index is 12.1. The lowest BCUT2D eigenvalue weighted by molar-refractivity contribution is -0.118. The van der Waals surface area contributed by atoms with Gasteiger partial charge in [0.2, 0.25) is 23.6 Å². The number of benzene rings is 5. The van der Waals surface area contributed by atoms with Gasteiger partial charge in [0.1, 0.15) is 28.9 Å². The molecule has 19 nitrogen and oxygen atoms in total. The Morgan fingerprint density at radius 3 is 1.05 bits per heavy atom. The van der Waals surface area contributed by atoms with Gasteiger partial charge < -0.3 is 53.0 Å². The Morgan fingerprint density at radius 2 is 0.701 bits per heavy atom. The van der Waals surface area contributed by atoms with Crippen molar-refractivity contribution in [3.05, 3.63) is 189 Å². The van der Waals surface area contributed by atoms with Crippen LogP contribution in [0.25, 0.3) is 0 Å². The normalized spacial score (nSPS) is 10.1. The number of carbonyl (C=O) groups excluding carboxylic acids is 8. The number of amides is 5. The fraction of sp³-hybridized carbons (Fsp3) is 0.278. The van der Waals surface area contributed by atoms with E-state index in [1.54, 1.807) is 87.7 Å². The molecule has 5 amide bonds. The van der Waals surface area contributed by atoms with Crippen molar-refractivity contribution < 1.29 is 47.2 Å². The highest BCUT2D eigenvalue weighted by Gasteiger charge is 2.15. The van der Waals surface area contributed by atoms with Gasteiger partial charge in [0.25, 0.3) is 0 Å². The Hall–Kier alpha value is -9.24. The third-order valence-electron chi connectivity index (χ3n) is 13.6. The van der Waals surface area contributed by atoms with E-state index >= 15 is 0 Å². The number of aryl methyl sites for hydroxylation is 6. The Kier molecular flexibility index (Phi) is 35.8. The zero-order valence-electron chi connectivity index (χ0n) is 55.7. The minimum absolute atomic E-state index is 0.00157. The smallest absolute Gasteiger partial charge is 0.326 e. The van der Waals surface area contributed by atoms with Gasteiger partial charge in [0.05, 0.1) is 53.2 Å². The van der Waals surface area contributed by atoms with E-state index in [1.165, 1.54) is 11.8 Å². The van der Waals surface area contributed by atoms with Crippen LogP contribution < -0.4 is 49.5 Å². The van der Waals surface area contributed by atoms with Crippen LogP contribution in [0, 0.1) is 41.5 Å². The van der Waals surface area contributed by atoms with Crippen LogP contribution in [0.4, 0.5) is 39.1 Å². The van der Waals surface area contributed by atoms with Crippen molar-refractivity contribution in [1.29, 1.82) is 0 Å². The molecule has 2 aromatic heterocycles. The number of rotatable bonds is 27. The lowest BCUT2D eigenvalue weighted by Gasteiger charge is -2.10. The minimum Gasteiger partial charge on any atom is -0.469 e. The number of Topliss-reactive ketones (excluding diaryl/α,β-unsaturated/α-hetero) is 4. The molecule has 0 aliphatic heterocycles. The summed E-state index contributed by atoms with van der Waals surface area (Å²) in [5.41, 5.74) is 35.0. The van der Waals surface area contributed by atoms with Crippen LogP contribution in [-0.2, 0) is 65.7 Å². The van der Waals surface area contributed by atoms with Crippen molar-refractivity contribution in [3.8, 4) is 0 Å². The standard InChI is InChI=1S/2C17H18N2O3S.C15H18N2O2S2.C12H15NOS.C11H14N2OS/c1-11-5-6-14(9-13(11)10-15(20)8-12(2)23)18-17(21)19-16-4-3-7-22-16;1-11-4-5-13(19-17(21)10-16(18)23)7-12(11)8-14(20)9-15-3-2-6-22-15;1-9-3-4-12(17-15(19)8-14(16)21)6-11(9)7-13(18)5-10(2)20;1-8-3-4-11(13)6-10(8)7-12(14)5-9(2)15;1-7-3-4-9(5-8(7)2)13-11(14)6-10(12)15/h3-7,9H,8,10H2,1-2H3,(H2,18,19,21);2-7H,8-10H2,1H3,(H2,18,23)(H,19,21);3-4,6H,5,7-8H2,1-2H3,(H2,16,21)(H,17,19);3-4,6H,5,7,13H2,1-2H3;3-5H,6H2,1-2H3,(H2,12,15)(H,13,14). The molecule has 5 aromatic carbocycles. The number of hydrogen-bond donors (Lipinski definition) is 9. The maximum atomic E-state index is 12.1. The number of anilines is 6. The number of furan rings is 2. The van der Waals surface area contributed by atoms with Crippen molar-refractivity contribution in [1.82, 2.24) is 0 Å². The van der Waals surface area contributed by atoms with Gasteiger partial charge in [0.15, 0.2) is 0 Å². The first-order valence-electron chi connectivity index (χ1n) is 30.3. The highest BCUT2D eigenvalue weighted by atomic mass is 32.1. The summed E-state index contributed by atoms with van der Waals surface area (Å²) in [6.45, 7) is 17.1. The summed E-state index contributed by atoms with van der Waals surface area (Å²) >= 11 is 28.9. The zero-order chi connectivity index (χ0) is 72.5. The molecule has 0 aliphatic rings. The van der Waals surface area contributed by atoms with E-state index in [1.807, 2.05) is 96.1 Å². The van der Waals surface area contributed by atoms with E-state index < -0.39 is 6.03 Å². The molecule has 0 spiro atoms. The third-order valence-corrected chi connectivity index (χ3v) is 14.5. The highest BCUT2D eigenvalue weighted by molar-refractivity contribution is 7.81. The van der Waals surface area contributed by atoms with E-state index in [4.69, 9.17) is 92.9 Å². The molecule has 7 rings (SSSR count). The molecule has 0 atom stereocenters. The Morgan fingerprint density at radius 1 is 0.361 bits per heavy atom. The molecule has 0 aliphatic carbocycles. The Labute approximate surface area is 598 Å². The van der Waals surface area contributed by atoms with Crippen molar-refractivity contribution >= 4 is 184 Å². The molecular weight excluding hydrogens is 1340 g/mol. The Bertz CT molecular complexity index is 4020. The van der Waals surface area contributed by atoms with Crippen LogP contribution in [0.5, 0.6) is 0 Å². The van der Waals surface area contributed by atoms with Gasteiger partial charge in [-0.1, -0.05) is 104 Å². The van der Waals surface area contributed by atoms with Crippen LogP contribution in [0.15, 0.2) is 137 Å². The number of ketones is 4. The second-order valence-electron chi connectivity index (χ2n) is 22.8. The quantitative estimate of drug-likeness (QED) is 0.0171. The fourth-order valence-corrected chi connectivity index (χ4v) is 9.65. The molecule has 0 unspecified atom stereocenters. The van der Waals surface area contributed by atoms with Crippen molar-refractivity contribution in [2.24, 2.45) is 17.2 Å². The van der Waals surface area contributed by atoms with E-state index in [2.05, 4.69) is 38.8 Å². The van der Waals surface area contributed by atoms with Crippen molar-refractivity contribution in [3.63, 3.8) is 0 Å². The summed E-state index contributed by atoms with van der Waals surface area (Å²) in [6, 6.07) is 34.2. The third kappa shape index (κ3) is 34.8. The maximum Gasteiger partial charge on any atom is 0.326 e. The molecule has 97 heavy (non-hydrogen) atoms. The Balaban J connectivity index is 0.000000319. The highest BCUT2D eigenvalue weighted by Crippen LogP contribution is 2.22. The zero-order valence-corrected chi connectivity index (χ0v) is 60.6. The summed E-state index contributed by atoms with van der Waals surface area (Å²) < 4.78 is 10.2. The largest absolute Gasteiger partial charge is 0.469 e. The summed E-state index contributed by atoms with van der Waals surface area (Å²) in [6.07, 6.45) is 5.64. The molecule has 0 saturated heterocycles. The van der Waals surface area contributed by atoms with Crippen LogP contribution in [-0.4, -0.2) is 76.4 Å². The molecule has 7 aromatic rings. The minimum atomic E-state index is -0.407. The first kappa shape index (κ1) is 82.0. The number of nitrogen functional groups attached to an aromatic ring is 1. The van der Waals surface area contributed by atoms with E-state index in [9.17, 15) is 38.4 Å². The van der Waals surface area contributed by atoms with Crippen molar-refractivity contribution in [2.45, 2.75) is 133 Å². The number of nitrogens with two attached hydrogens (primary N) is 4. The monoisotopic (exact) mass is 1430 g/mol. The molecule has 0 radical (unpaired) electrons. The predicted octanol–water partition coefficient (Wildman–Crippen LogP) is 13.6. The second kappa shape index (κ2) is 42.3. The number of hydrogen-bond acceptors (Lipinski definition) is 17. The number of nitrogens with one attached hydrogen (secondary N) is 5. The first-order valence-corrected chi connectivity index (χ1v) is 32.7. The molecule has 0 fully saturated rings. The number of carbonyl (C=O) groups is 8. The van der Waals surface area contributed by atoms with Gasteiger partial charge >= 0.3 is 6.03 Å². The van der Waals surface area contributed by atoms with Crippen LogP contribution >= 0.6 is 73.3 Å². The van der Waals surface area contributed by atoms with E-state index in [0.29, 0.717) is 82.6 Å². The fourth-order valence-electron chi connectivity index (χ4n) is 8.77. The van der Waals surface area contributed by atoms with Crippen LogP contribution in [0.2, 0.25) is 0 Å². The van der Waals surface area contributed by atoms with Gasteiger partial charge in [-0.25, -0.2) is 4.79 Å². The first-order chi connectivity index (χ1) is 45.6. The molecule has 0 bridgehead atoms. The average molecular weight is 1430 g/mol. The number of urea groups is 1. The van der Waals surface area contributed by atoms with Gasteiger partial charge in [-0.05, 0) is 211 Å². The van der Waals surface area contributed by atoms with Crippen LogP contribution in [0.1, 0.15) is 121 Å². The average Bonchev–Trinajstić information content (AvgIpc) is 1.15. The predicted molar refractivity (Wildman–Crippen MR) is 412 cm³/mol. The second-order valence-corrected chi connectivity index (χ2v) is 26.5. The topological polar surface area (TPSA) is 327 Å². The molecule has 0 saturated carbocycles. The molecular formula is C72H83N9O10S6. The van der Waals surface area contributed by atoms with E-state index in [-0.39, 0.29) is 87.9 Å². The lowest BCUT2D eigenvalue weighted by Crippen LogP contribution is -2.20. The lowest BCUT2D eigenvalue weighted by atomic mass is 10.0. The molecule has 2 heterocycles. The SMILES string of the molecule is CC(=S)CC(=O)Cc1cc(N)ccc1C.CC(=S)CC(=O)Cc1cc(NC(=O)CC(N)=S)ccc1C.CC(=S)CC(=O)Cc1cc(NC(=O)Nc2ccco2)ccc1C.Cc1ccc(NC(=O)CC(N)=S)cc1C.Cc1ccc(NC(=O)CC(N)=S)cc1CC(=O)Cc1ccco1. The van der Waals surface area contributed by atoms with Crippen molar-refractivity contribution in [2.75, 3.05) is 32.3 Å². The summed E-state index contributed by atoms with van der Waals surface area (Å²) in [5.74, 6) is 0.634. The summed E-state index contributed by atoms with van der Waals surface area (Å²) in [4.78, 5) is 96.6. The van der Waals surface area contributed by atoms with E-state index in [0.717, 1.165) is 60.6 Å². The number of thiocarbonyl (C=S) groups is 6. The summed E-state index contributed by atoms with van der Waals surface area (Å²) in [7, 11) is 0. The summed E-state index contributed by atoms with van der Waals surface area (Å²) in [5, 5.41) is 13.5. The van der Waals surface area contributed by atoms with Gasteiger partial charge in [0, 0.05) is 79.4 Å². The van der Waals surface area contributed by atoms with Gasteiger partial charge in [-0.3, -0.25) is 38.9 Å². The van der Waals surface area contributed by atoms with Gasteiger partial charge in [-0.2, -0.15) is 0 Å². The molecule has 512 valence electrons.